The summed E-state index contributed by atoms with van der Waals surface area (Å²) in [4.78, 5) is 0. The quantitative estimate of drug-likeness (QED) is 0.858. The first kappa shape index (κ1) is 15.5. The van der Waals surface area contributed by atoms with Crippen molar-refractivity contribution < 1.29 is 24.1 Å². The Labute approximate surface area is 135 Å². The second-order valence-corrected chi connectivity index (χ2v) is 5.46. The van der Waals surface area contributed by atoms with Gasteiger partial charge in [-0.2, -0.15) is 0 Å². The van der Waals surface area contributed by atoms with Crippen LogP contribution in [0.4, 0.5) is 0 Å². The largest absolute Gasteiger partial charge is 0.497 e. The summed E-state index contributed by atoms with van der Waals surface area (Å²) >= 11 is 0. The Morgan fingerprint density at radius 2 is 1.70 bits per heavy atom. The van der Waals surface area contributed by atoms with E-state index in [1.165, 1.54) is 0 Å². The molecule has 1 aliphatic heterocycles. The van der Waals surface area contributed by atoms with Crippen molar-refractivity contribution in [1.82, 2.24) is 0 Å². The van der Waals surface area contributed by atoms with Crippen molar-refractivity contribution in [2.75, 3.05) is 13.9 Å². The van der Waals surface area contributed by atoms with Crippen molar-refractivity contribution in [2.24, 2.45) is 0 Å². The Balaban J connectivity index is 1.98. The van der Waals surface area contributed by atoms with Gasteiger partial charge in [0, 0.05) is 17.5 Å². The van der Waals surface area contributed by atoms with Gasteiger partial charge >= 0.3 is 0 Å². The summed E-state index contributed by atoms with van der Waals surface area (Å²) in [5, 5.41) is 9.59. The molecule has 0 saturated carbocycles. The predicted molar refractivity (Wildman–Crippen MR) is 85.4 cm³/mol. The average molecular weight is 316 g/mol. The molecule has 0 saturated heterocycles. The fourth-order valence-corrected chi connectivity index (χ4v) is 2.64. The number of methoxy groups -OCH3 is 1. The zero-order valence-corrected chi connectivity index (χ0v) is 13.4. The van der Waals surface area contributed by atoms with Gasteiger partial charge in [0.25, 0.3) is 0 Å². The number of benzene rings is 2. The third kappa shape index (κ3) is 3.19. The summed E-state index contributed by atoms with van der Waals surface area (Å²) in [7, 11) is 1.64. The Hall–Kier alpha value is -2.40. The van der Waals surface area contributed by atoms with Crippen LogP contribution in [0.5, 0.6) is 23.0 Å². The number of hydrogen-bond donors (Lipinski definition) is 1. The molecule has 0 spiro atoms. The molecule has 0 amide bonds. The lowest BCUT2D eigenvalue weighted by atomic mass is 9.92. The van der Waals surface area contributed by atoms with Crippen molar-refractivity contribution in [3.05, 3.63) is 47.5 Å². The maximum atomic E-state index is 9.59. The third-order valence-corrected chi connectivity index (χ3v) is 3.88. The summed E-state index contributed by atoms with van der Waals surface area (Å²) in [5.74, 6) is 2.79. The normalized spacial score (nSPS) is 15.1. The van der Waals surface area contributed by atoms with E-state index in [-0.39, 0.29) is 12.7 Å². The van der Waals surface area contributed by atoms with Crippen LogP contribution in [0.3, 0.4) is 0 Å². The highest BCUT2D eigenvalue weighted by Gasteiger charge is 2.22. The molecule has 0 aromatic heterocycles. The molecule has 1 heterocycles. The summed E-state index contributed by atoms with van der Waals surface area (Å²) in [6, 6.07) is 11.6. The van der Waals surface area contributed by atoms with Crippen LogP contribution in [0.1, 0.15) is 30.9 Å². The minimum Gasteiger partial charge on any atom is -0.497 e. The minimum absolute atomic E-state index is 0.0594. The van der Waals surface area contributed by atoms with Crippen LogP contribution in [0.15, 0.2) is 36.4 Å². The summed E-state index contributed by atoms with van der Waals surface area (Å²) in [6.45, 7) is 3.85. The van der Waals surface area contributed by atoms with Crippen molar-refractivity contribution in [3.63, 3.8) is 0 Å². The second kappa shape index (κ2) is 6.38. The summed E-state index contributed by atoms with van der Waals surface area (Å²) < 4.78 is 21.6. The Morgan fingerprint density at radius 1 is 1.04 bits per heavy atom. The zero-order chi connectivity index (χ0) is 16.4. The van der Waals surface area contributed by atoms with Gasteiger partial charge in [-0.3, -0.25) is 0 Å². The molecular weight excluding hydrogens is 296 g/mol. The second-order valence-electron chi connectivity index (χ2n) is 5.46. The molecule has 23 heavy (non-hydrogen) atoms. The van der Waals surface area contributed by atoms with Crippen molar-refractivity contribution in [2.45, 2.75) is 26.1 Å². The van der Waals surface area contributed by atoms with Gasteiger partial charge in [0.2, 0.25) is 6.79 Å². The molecule has 0 fully saturated rings. The number of fused-ring (bicyclic) bond motifs is 1. The zero-order valence-electron chi connectivity index (χ0n) is 13.4. The molecular formula is C18H20O5. The van der Waals surface area contributed by atoms with E-state index < -0.39 is 6.29 Å². The van der Waals surface area contributed by atoms with Crippen LogP contribution in [0, 0.1) is 0 Å². The molecule has 3 rings (SSSR count). The first-order chi connectivity index (χ1) is 11.1. The van der Waals surface area contributed by atoms with E-state index in [9.17, 15) is 5.11 Å². The molecule has 0 aliphatic carbocycles. The predicted octanol–water partition coefficient (Wildman–Crippen LogP) is 3.29. The fourth-order valence-electron chi connectivity index (χ4n) is 2.64. The maximum Gasteiger partial charge on any atom is 0.231 e. The molecule has 1 aliphatic rings. The van der Waals surface area contributed by atoms with E-state index in [2.05, 4.69) is 6.92 Å². The van der Waals surface area contributed by atoms with Crippen molar-refractivity contribution in [1.29, 1.82) is 0 Å². The Morgan fingerprint density at radius 3 is 2.30 bits per heavy atom. The first-order valence-corrected chi connectivity index (χ1v) is 7.50. The standard InChI is InChI=1S/C18H20O5/c1-11(13-4-6-14(20-3)7-5-13)15-8-17-18(22-10-21-17)9-16(15)23-12(2)19/h4-9,11-12,19H,10H2,1-3H3/t11-,12+/m0/s1. The van der Waals surface area contributed by atoms with Crippen LogP contribution >= 0.6 is 0 Å². The van der Waals surface area contributed by atoms with Gasteiger partial charge in [0.05, 0.1) is 7.11 Å². The monoisotopic (exact) mass is 316 g/mol. The molecule has 0 radical (unpaired) electrons. The number of rotatable bonds is 5. The smallest absolute Gasteiger partial charge is 0.231 e. The molecule has 2 aromatic rings. The first-order valence-electron chi connectivity index (χ1n) is 7.50. The van der Waals surface area contributed by atoms with Gasteiger partial charge in [-0.05, 0) is 30.7 Å². The van der Waals surface area contributed by atoms with E-state index in [1.807, 2.05) is 30.3 Å². The van der Waals surface area contributed by atoms with E-state index in [0.29, 0.717) is 17.2 Å². The lowest BCUT2D eigenvalue weighted by molar-refractivity contribution is -0.00118. The van der Waals surface area contributed by atoms with Crippen LogP contribution in [-0.2, 0) is 0 Å². The highest BCUT2D eigenvalue weighted by molar-refractivity contribution is 5.54. The molecule has 2 atom stereocenters. The molecule has 5 nitrogen and oxygen atoms in total. The maximum absolute atomic E-state index is 9.59. The minimum atomic E-state index is -0.905. The lowest BCUT2D eigenvalue weighted by Crippen LogP contribution is -2.12. The van der Waals surface area contributed by atoms with Crippen LogP contribution in [0.2, 0.25) is 0 Å². The number of aliphatic hydroxyl groups is 1. The van der Waals surface area contributed by atoms with Gasteiger partial charge in [0.1, 0.15) is 11.5 Å². The average Bonchev–Trinajstić information content (AvgIpc) is 3.00. The number of hydrogen-bond acceptors (Lipinski definition) is 5. The van der Waals surface area contributed by atoms with Gasteiger partial charge < -0.3 is 24.1 Å². The van der Waals surface area contributed by atoms with Crippen LogP contribution in [0.25, 0.3) is 0 Å². The molecule has 0 bridgehead atoms. The SMILES string of the molecule is COc1ccc([C@H](C)c2cc3c(cc2O[C@H](C)O)OCO3)cc1. The topological polar surface area (TPSA) is 57.2 Å². The molecule has 0 unspecified atom stereocenters. The summed E-state index contributed by atoms with van der Waals surface area (Å²) in [5.41, 5.74) is 2.04. The molecule has 5 heteroatoms. The van der Waals surface area contributed by atoms with Crippen molar-refractivity contribution >= 4 is 0 Å². The van der Waals surface area contributed by atoms with E-state index in [1.54, 1.807) is 20.1 Å². The number of aliphatic hydroxyl groups excluding tert-OH is 1. The van der Waals surface area contributed by atoms with Gasteiger partial charge in [-0.1, -0.05) is 19.1 Å². The fraction of sp³-hybridized carbons (Fsp3) is 0.333. The van der Waals surface area contributed by atoms with Gasteiger partial charge in [-0.25, -0.2) is 0 Å². The Kier molecular flexibility index (Phi) is 4.30. The van der Waals surface area contributed by atoms with E-state index in [0.717, 1.165) is 16.9 Å². The molecule has 122 valence electrons. The van der Waals surface area contributed by atoms with E-state index in [4.69, 9.17) is 18.9 Å². The van der Waals surface area contributed by atoms with Crippen LogP contribution < -0.4 is 18.9 Å². The van der Waals surface area contributed by atoms with E-state index >= 15 is 0 Å². The highest BCUT2D eigenvalue weighted by atomic mass is 16.7. The van der Waals surface area contributed by atoms with Gasteiger partial charge in [0.15, 0.2) is 17.8 Å². The number of ether oxygens (including phenoxy) is 4. The molecule has 2 aromatic carbocycles. The third-order valence-electron chi connectivity index (χ3n) is 3.88. The summed E-state index contributed by atoms with van der Waals surface area (Å²) in [6.07, 6.45) is -0.905. The molecule has 1 N–H and O–H groups in total. The highest BCUT2D eigenvalue weighted by Crippen LogP contribution is 2.42. The Bertz CT molecular complexity index is 679. The van der Waals surface area contributed by atoms with Crippen molar-refractivity contribution in [3.8, 4) is 23.0 Å². The van der Waals surface area contributed by atoms with Crippen LogP contribution in [-0.4, -0.2) is 25.3 Å². The lowest BCUT2D eigenvalue weighted by Gasteiger charge is -2.19. The van der Waals surface area contributed by atoms with Gasteiger partial charge in [-0.15, -0.1) is 0 Å².